The second kappa shape index (κ2) is 13.3. The van der Waals surface area contributed by atoms with Gasteiger partial charge in [0.2, 0.25) is 11.8 Å². The molecule has 2 fully saturated rings. The molecule has 2 aliphatic heterocycles. The summed E-state index contributed by atoms with van der Waals surface area (Å²) in [7, 11) is 0. The molecule has 2 saturated heterocycles. The number of carboxylic acid groups (broad SMARTS) is 1. The lowest BCUT2D eigenvalue weighted by molar-refractivity contribution is -0.409. The van der Waals surface area contributed by atoms with Crippen molar-refractivity contribution < 1.29 is 58.5 Å². The van der Waals surface area contributed by atoms with Crippen molar-refractivity contribution >= 4 is 17.8 Å². The van der Waals surface area contributed by atoms with E-state index in [1.165, 1.54) is 11.8 Å². The highest BCUT2D eigenvalue weighted by Gasteiger charge is 2.65. The minimum absolute atomic E-state index is 0.000888. The van der Waals surface area contributed by atoms with E-state index in [9.17, 15) is 43.6 Å². The van der Waals surface area contributed by atoms with Gasteiger partial charge in [0, 0.05) is 6.54 Å². The van der Waals surface area contributed by atoms with Gasteiger partial charge < -0.3 is 56.6 Å². The highest BCUT2D eigenvalue weighted by Crippen LogP contribution is 2.39. The van der Waals surface area contributed by atoms with Gasteiger partial charge in [-0.05, 0) is 39.2 Å². The van der Waals surface area contributed by atoms with E-state index in [0.717, 1.165) is 0 Å². The van der Waals surface area contributed by atoms with Crippen molar-refractivity contribution in [2.45, 2.75) is 93.3 Å². The standard InChI is InChI=1S/C22H38F2N4O10/c1-11(20(35)36)27-18(33)13-6-4-8-28(13)19(34)12(25)5-2-3-7-26-10-21(23,24)22(37)17(32)16(31)15(30)14(9-29)38-22/h11-17,26,29-32,37H,2-10,25H2,1H3,(H,27,33)(H,35,36)/t11-,12-,13?,14+,15-,16-,17+,22?/m0/s1. The number of halogens is 2. The molecule has 0 aliphatic carbocycles. The average molecular weight is 557 g/mol. The Balaban J connectivity index is 1.79. The first-order chi connectivity index (χ1) is 17.7. The lowest BCUT2D eigenvalue weighted by Gasteiger charge is -2.48. The summed E-state index contributed by atoms with van der Waals surface area (Å²) in [5, 5.41) is 62.5. The van der Waals surface area contributed by atoms with E-state index in [-0.39, 0.29) is 13.0 Å². The van der Waals surface area contributed by atoms with Gasteiger partial charge in [0.05, 0.1) is 19.2 Å². The number of carboxylic acids is 1. The van der Waals surface area contributed by atoms with E-state index >= 15 is 0 Å². The summed E-state index contributed by atoms with van der Waals surface area (Å²) in [6.07, 6.45) is -6.63. The maximum Gasteiger partial charge on any atom is 0.325 e. The first-order valence-electron chi connectivity index (χ1n) is 12.4. The molecule has 2 unspecified atom stereocenters. The van der Waals surface area contributed by atoms with E-state index in [2.05, 4.69) is 15.4 Å². The fraction of sp³-hybridized carbons (Fsp3) is 0.864. The number of aliphatic hydroxyl groups excluding tert-OH is 4. The number of likely N-dealkylation sites (tertiary alicyclic amines) is 1. The Morgan fingerprint density at radius 2 is 1.87 bits per heavy atom. The molecule has 0 radical (unpaired) electrons. The number of nitrogens with two attached hydrogens (primary N) is 1. The van der Waals surface area contributed by atoms with E-state index in [1.54, 1.807) is 0 Å². The smallest absolute Gasteiger partial charge is 0.325 e. The summed E-state index contributed by atoms with van der Waals surface area (Å²) in [5.74, 6) is -9.96. The van der Waals surface area contributed by atoms with Gasteiger partial charge in [-0.25, -0.2) is 0 Å². The number of carbonyl (C=O) groups is 3. The van der Waals surface area contributed by atoms with Crippen molar-refractivity contribution in [1.82, 2.24) is 15.5 Å². The van der Waals surface area contributed by atoms with Crippen molar-refractivity contribution in [1.29, 1.82) is 0 Å². The molecule has 0 saturated carbocycles. The minimum Gasteiger partial charge on any atom is -0.480 e. The quantitative estimate of drug-likeness (QED) is 0.100. The third-order valence-electron chi connectivity index (χ3n) is 6.84. The molecule has 0 aromatic heterocycles. The van der Waals surface area contributed by atoms with Gasteiger partial charge in [0.15, 0.2) is 0 Å². The molecule has 0 spiro atoms. The zero-order chi connectivity index (χ0) is 28.8. The molecule has 38 heavy (non-hydrogen) atoms. The number of hydrogen-bond acceptors (Lipinski definition) is 11. The van der Waals surface area contributed by atoms with Gasteiger partial charge in [-0.15, -0.1) is 0 Å². The SMILES string of the molecule is C[C@H](NC(=O)C1CCCN1C(=O)[C@@H](N)CCCCNCC(F)(F)C1(O)O[C@H](CO)[C@H](O)[C@H](O)[C@H]1O)C(=O)O. The fourth-order valence-electron chi connectivity index (χ4n) is 4.45. The van der Waals surface area contributed by atoms with Gasteiger partial charge >= 0.3 is 11.9 Å². The van der Waals surface area contributed by atoms with Gasteiger partial charge in [0.1, 0.15) is 36.5 Å². The van der Waals surface area contributed by atoms with Crippen molar-refractivity contribution in [3.63, 3.8) is 0 Å². The Morgan fingerprint density at radius 3 is 2.47 bits per heavy atom. The zero-order valence-corrected chi connectivity index (χ0v) is 21.0. The molecule has 2 aliphatic rings. The Labute approximate surface area is 217 Å². The van der Waals surface area contributed by atoms with Crippen LogP contribution in [-0.2, 0) is 19.1 Å². The van der Waals surface area contributed by atoms with Crippen LogP contribution in [0.5, 0.6) is 0 Å². The summed E-state index contributed by atoms with van der Waals surface area (Å²) in [6.45, 7) is -0.561. The third kappa shape index (κ3) is 7.12. The van der Waals surface area contributed by atoms with Crippen molar-refractivity contribution in [2.24, 2.45) is 5.73 Å². The number of nitrogens with zero attached hydrogens (tertiary/aromatic N) is 1. The number of nitrogens with one attached hydrogen (secondary N) is 2. The Bertz CT molecular complexity index is 838. The number of aliphatic hydroxyl groups is 5. The van der Waals surface area contributed by atoms with Crippen molar-refractivity contribution in [3.05, 3.63) is 0 Å². The van der Waals surface area contributed by atoms with Crippen LogP contribution in [0.3, 0.4) is 0 Å². The predicted molar refractivity (Wildman–Crippen MR) is 125 cm³/mol. The lowest BCUT2D eigenvalue weighted by Crippen LogP contribution is -2.72. The summed E-state index contributed by atoms with van der Waals surface area (Å²) in [5.41, 5.74) is 5.97. The topological polar surface area (TPSA) is 235 Å². The van der Waals surface area contributed by atoms with Gasteiger partial charge in [0.25, 0.3) is 5.79 Å². The Morgan fingerprint density at radius 1 is 1.21 bits per heavy atom. The monoisotopic (exact) mass is 556 g/mol. The number of carbonyl (C=O) groups excluding carboxylic acids is 2. The molecular formula is C22H38F2N4O10. The number of amides is 2. The Kier molecular flexibility index (Phi) is 11.3. The number of unbranched alkanes of at least 4 members (excludes halogenated alkanes) is 1. The molecule has 220 valence electrons. The normalized spacial score (nSPS) is 31.6. The molecule has 2 amide bonds. The summed E-state index contributed by atoms with van der Waals surface area (Å²) >= 11 is 0. The molecule has 0 bridgehead atoms. The van der Waals surface area contributed by atoms with Gasteiger partial charge in [-0.2, -0.15) is 8.78 Å². The molecule has 14 nitrogen and oxygen atoms in total. The molecule has 2 heterocycles. The van der Waals surface area contributed by atoms with Gasteiger partial charge in [-0.3, -0.25) is 14.4 Å². The van der Waals surface area contributed by atoms with Crippen LogP contribution in [0.2, 0.25) is 0 Å². The number of alkyl halides is 2. The van der Waals surface area contributed by atoms with Crippen LogP contribution in [0, 0.1) is 0 Å². The zero-order valence-electron chi connectivity index (χ0n) is 21.0. The number of ether oxygens (including phenoxy) is 1. The van der Waals surface area contributed by atoms with Crippen LogP contribution in [0.15, 0.2) is 0 Å². The second-order valence-electron chi connectivity index (χ2n) is 9.70. The lowest BCUT2D eigenvalue weighted by atomic mass is 9.88. The number of aliphatic carboxylic acids is 1. The Hall–Kier alpha value is -2.05. The predicted octanol–water partition coefficient (Wildman–Crippen LogP) is -3.55. The van der Waals surface area contributed by atoms with Crippen LogP contribution < -0.4 is 16.4 Å². The molecule has 16 heteroatoms. The molecule has 0 aromatic rings. The van der Waals surface area contributed by atoms with Crippen LogP contribution in [0.4, 0.5) is 8.78 Å². The van der Waals surface area contributed by atoms with Crippen LogP contribution >= 0.6 is 0 Å². The fourth-order valence-corrected chi connectivity index (χ4v) is 4.45. The first-order valence-corrected chi connectivity index (χ1v) is 12.4. The van der Waals surface area contributed by atoms with E-state index in [4.69, 9.17) is 15.9 Å². The minimum atomic E-state index is -4.13. The summed E-state index contributed by atoms with van der Waals surface area (Å²) in [6, 6.07) is -2.90. The van der Waals surface area contributed by atoms with E-state index in [1.807, 2.05) is 0 Å². The average Bonchev–Trinajstić information content (AvgIpc) is 3.36. The maximum absolute atomic E-state index is 14.7. The van der Waals surface area contributed by atoms with Crippen molar-refractivity contribution in [3.8, 4) is 0 Å². The molecule has 10 N–H and O–H groups in total. The van der Waals surface area contributed by atoms with Crippen LogP contribution in [0.25, 0.3) is 0 Å². The largest absolute Gasteiger partial charge is 0.480 e. The highest BCUT2D eigenvalue weighted by molar-refractivity contribution is 5.92. The van der Waals surface area contributed by atoms with Crippen LogP contribution in [0.1, 0.15) is 39.0 Å². The first kappa shape index (κ1) is 32.2. The highest BCUT2D eigenvalue weighted by atomic mass is 19.3. The summed E-state index contributed by atoms with van der Waals surface area (Å²) in [4.78, 5) is 37.4. The van der Waals surface area contributed by atoms with Gasteiger partial charge in [-0.1, -0.05) is 6.42 Å². The third-order valence-corrected chi connectivity index (χ3v) is 6.84. The number of rotatable bonds is 13. The molecule has 2 rings (SSSR count). The van der Waals surface area contributed by atoms with Crippen LogP contribution in [-0.4, -0.2) is 134 Å². The second-order valence-corrected chi connectivity index (χ2v) is 9.70. The molecule has 8 atom stereocenters. The molecular weight excluding hydrogens is 518 g/mol. The molecule has 0 aromatic carbocycles. The summed E-state index contributed by atoms with van der Waals surface area (Å²) < 4.78 is 34.0. The van der Waals surface area contributed by atoms with E-state index < -0.39 is 85.2 Å². The van der Waals surface area contributed by atoms with Crippen molar-refractivity contribution in [2.75, 3.05) is 26.2 Å². The van der Waals surface area contributed by atoms with E-state index in [0.29, 0.717) is 32.2 Å². The maximum atomic E-state index is 14.7. The number of hydrogen-bond donors (Lipinski definition) is 9.